The highest BCUT2D eigenvalue weighted by Gasteiger charge is 1.96. The summed E-state index contributed by atoms with van der Waals surface area (Å²) in [7, 11) is 0. The molecular formula is C4H2N4S. The number of aromatic amines is 1. The van der Waals surface area contributed by atoms with E-state index in [1.807, 2.05) is 6.07 Å². The predicted octanol–water partition coefficient (Wildman–Crippen LogP) is 0.0784. The Morgan fingerprint density at radius 3 is 3.00 bits per heavy atom. The third-order valence-corrected chi connectivity index (χ3v) is 1.56. The number of hydrogen-bond donors (Lipinski definition) is 1. The molecule has 1 aromatic heterocycles. The van der Waals surface area contributed by atoms with Gasteiger partial charge in [-0.1, -0.05) is 0 Å². The second-order valence-electron chi connectivity index (χ2n) is 1.27. The predicted molar refractivity (Wildman–Crippen MR) is 30.1 cm³/mol. The standard InChI is InChI=1S/C4H2N4S/c5-1-3-2-7-4(8-6)9-3/h2,7H. The molecule has 1 aromatic rings. The molecule has 1 heterocycles. The molecule has 0 unspecified atom stereocenters. The van der Waals surface area contributed by atoms with Crippen molar-refractivity contribution >= 4 is 11.3 Å². The van der Waals surface area contributed by atoms with Gasteiger partial charge in [0.25, 0.3) is 0 Å². The minimum Gasteiger partial charge on any atom is -0.496 e. The van der Waals surface area contributed by atoms with Crippen LogP contribution in [0, 0.1) is 11.3 Å². The molecule has 0 spiro atoms. The van der Waals surface area contributed by atoms with Gasteiger partial charge < -0.3 is 5.53 Å². The third-order valence-electron chi connectivity index (χ3n) is 0.734. The molecule has 5 heteroatoms. The first kappa shape index (κ1) is 5.76. The molecule has 0 atom stereocenters. The zero-order valence-electron chi connectivity index (χ0n) is 4.33. The van der Waals surface area contributed by atoms with Gasteiger partial charge in [0.2, 0.25) is 0 Å². The van der Waals surface area contributed by atoms with Crippen LogP contribution in [0.2, 0.25) is 0 Å². The van der Waals surface area contributed by atoms with E-state index in [4.69, 9.17) is 10.8 Å². The Morgan fingerprint density at radius 2 is 2.67 bits per heavy atom. The van der Waals surface area contributed by atoms with Crippen molar-refractivity contribution in [3.05, 3.63) is 21.4 Å². The molecule has 0 saturated carbocycles. The Labute approximate surface area is 54.6 Å². The first-order valence-electron chi connectivity index (χ1n) is 2.13. The largest absolute Gasteiger partial charge is 0.496 e. The van der Waals surface area contributed by atoms with Crippen molar-refractivity contribution in [3.8, 4) is 6.07 Å². The van der Waals surface area contributed by atoms with Gasteiger partial charge in [0.1, 0.15) is 12.3 Å². The fourth-order valence-corrected chi connectivity index (χ4v) is 0.925. The second kappa shape index (κ2) is 2.27. The second-order valence-corrected chi connectivity index (χ2v) is 2.30. The number of hydrogen-bond acceptors (Lipinski definition) is 2. The van der Waals surface area contributed by atoms with Crippen molar-refractivity contribution < 1.29 is 4.79 Å². The monoisotopic (exact) mass is 138 g/mol. The van der Waals surface area contributed by atoms with Crippen LogP contribution in [-0.2, 0) is 0 Å². The van der Waals surface area contributed by atoms with Crippen LogP contribution in [0.25, 0.3) is 5.53 Å². The van der Waals surface area contributed by atoms with Gasteiger partial charge in [-0.05, 0) is 11.3 Å². The van der Waals surface area contributed by atoms with Crippen molar-refractivity contribution in [2.75, 3.05) is 0 Å². The fraction of sp³-hybridized carbons (Fsp3) is 0. The van der Waals surface area contributed by atoms with Gasteiger partial charge in [-0.2, -0.15) is 5.26 Å². The average molecular weight is 138 g/mol. The summed E-state index contributed by atoms with van der Waals surface area (Å²) in [6, 6.07) is 1.90. The van der Waals surface area contributed by atoms with E-state index in [2.05, 4.69) is 9.77 Å². The molecule has 0 aliphatic carbocycles. The highest BCUT2D eigenvalue weighted by Crippen LogP contribution is 1.94. The molecule has 9 heavy (non-hydrogen) atoms. The van der Waals surface area contributed by atoms with E-state index < -0.39 is 0 Å². The molecule has 1 rings (SSSR count). The van der Waals surface area contributed by atoms with E-state index in [0.29, 0.717) is 9.68 Å². The maximum atomic E-state index is 8.26. The minimum atomic E-state index is 0.339. The van der Waals surface area contributed by atoms with Gasteiger partial charge in [-0.3, -0.25) is 4.79 Å². The highest BCUT2D eigenvalue weighted by atomic mass is 32.1. The maximum Gasteiger partial charge on any atom is 0.419 e. The number of rotatable bonds is 0. The molecule has 0 aliphatic heterocycles. The highest BCUT2D eigenvalue weighted by molar-refractivity contribution is 7.09. The van der Waals surface area contributed by atoms with Crippen LogP contribution >= 0.6 is 11.3 Å². The van der Waals surface area contributed by atoms with Crippen LogP contribution < -0.4 is 4.80 Å². The fourth-order valence-electron chi connectivity index (χ4n) is 0.395. The Bertz CT molecular complexity index is 321. The molecule has 44 valence electrons. The van der Waals surface area contributed by atoms with Crippen molar-refractivity contribution in [2.24, 2.45) is 0 Å². The normalized spacial score (nSPS) is 7.89. The first-order valence-corrected chi connectivity index (χ1v) is 2.95. The van der Waals surface area contributed by atoms with Crippen LogP contribution in [0.5, 0.6) is 0 Å². The van der Waals surface area contributed by atoms with Gasteiger partial charge >= 0.3 is 4.80 Å². The number of nitrogens with zero attached hydrogens (tertiary/aromatic N) is 3. The molecule has 0 aliphatic rings. The summed E-state index contributed by atoms with van der Waals surface area (Å²) >= 11 is 1.10. The van der Waals surface area contributed by atoms with Crippen LogP contribution in [0.3, 0.4) is 0 Å². The Balaban J connectivity index is 3.36. The zero-order valence-corrected chi connectivity index (χ0v) is 5.14. The molecular weight excluding hydrogens is 136 g/mol. The summed E-state index contributed by atoms with van der Waals surface area (Å²) in [5.74, 6) is 0. The van der Waals surface area contributed by atoms with Gasteiger partial charge in [0, 0.05) is 0 Å². The lowest BCUT2D eigenvalue weighted by Gasteiger charge is -1.57. The van der Waals surface area contributed by atoms with Crippen LogP contribution in [-0.4, -0.2) is 9.77 Å². The van der Waals surface area contributed by atoms with E-state index in [-0.39, 0.29) is 0 Å². The van der Waals surface area contributed by atoms with Crippen LogP contribution in [0.1, 0.15) is 4.88 Å². The number of aromatic nitrogens is 1. The summed E-state index contributed by atoms with van der Waals surface area (Å²) in [6.45, 7) is 0. The molecule has 0 amide bonds. The van der Waals surface area contributed by atoms with Crippen molar-refractivity contribution in [2.45, 2.75) is 0 Å². The van der Waals surface area contributed by atoms with Gasteiger partial charge in [-0.15, -0.1) is 0 Å². The molecule has 0 bridgehead atoms. The lowest BCUT2D eigenvalue weighted by molar-refractivity contribution is -0.0652. The molecule has 0 saturated heterocycles. The number of nitrogens with one attached hydrogen (secondary N) is 1. The summed E-state index contributed by atoms with van der Waals surface area (Å²) in [4.78, 5) is 6.28. The first-order chi connectivity index (χ1) is 4.36. The van der Waals surface area contributed by atoms with E-state index in [1.54, 1.807) is 0 Å². The Morgan fingerprint density at radius 1 is 1.89 bits per heavy atom. The molecule has 0 fully saturated rings. The third kappa shape index (κ3) is 1.05. The minimum absolute atomic E-state index is 0.339. The van der Waals surface area contributed by atoms with Crippen molar-refractivity contribution in [1.29, 1.82) is 5.26 Å². The summed E-state index contributed by atoms with van der Waals surface area (Å²) in [5, 5.41) is 8.26. The summed E-state index contributed by atoms with van der Waals surface area (Å²) < 4.78 is 0. The topological polar surface area (TPSA) is 76.0 Å². The van der Waals surface area contributed by atoms with E-state index in [1.165, 1.54) is 6.20 Å². The van der Waals surface area contributed by atoms with Gasteiger partial charge in [0.15, 0.2) is 4.88 Å². The molecule has 0 radical (unpaired) electrons. The number of thiazole rings is 1. The Kier molecular flexibility index (Phi) is 1.45. The number of H-pyrrole nitrogens is 1. The quantitative estimate of drug-likeness (QED) is 0.400. The van der Waals surface area contributed by atoms with Crippen LogP contribution in [0.4, 0.5) is 0 Å². The lowest BCUT2D eigenvalue weighted by atomic mass is 10.6. The SMILES string of the molecule is N#Cc1c[nH]c(=[N+]=[N-])s1. The number of nitriles is 1. The van der Waals surface area contributed by atoms with Crippen LogP contribution in [0.15, 0.2) is 6.20 Å². The molecule has 0 aromatic carbocycles. The smallest absolute Gasteiger partial charge is 0.419 e. The van der Waals surface area contributed by atoms with E-state index in [9.17, 15) is 0 Å². The lowest BCUT2D eigenvalue weighted by Crippen LogP contribution is -1.95. The van der Waals surface area contributed by atoms with Gasteiger partial charge in [0.05, 0.1) is 0 Å². The maximum absolute atomic E-state index is 8.26. The van der Waals surface area contributed by atoms with Crippen molar-refractivity contribution in [3.63, 3.8) is 0 Å². The van der Waals surface area contributed by atoms with E-state index in [0.717, 1.165) is 11.3 Å². The van der Waals surface area contributed by atoms with Gasteiger partial charge in [-0.25, -0.2) is 4.98 Å². The Hall–Kier alpha value is -1.37. The molecule has 4 nitrogen and oxygen atoms in total. The summed E-state index contributed by atoms with van der Waals surface area (Å²) in [6.07, 6.45) is 1.49. The van der Waals surface area contributed by atoms with Crippen molar-refractivity contribution in [1.82, 2.24) is 4.98 Å². The summed E-state index contributed by atoms with van der Waals surface area (Å²) in [5.41, 5.74) is 8.14. The zero-order chi connectivity index (χ0) is 6.69. The average Bonchev–Trinajstić information content (AvgIpc) is 2.34. The van der Waals surface area contributed by atoms with E-state index >= 15 is 0 Å². The molecule has 1 N–H and O–H groups in total.